The number of methoxy groups -OCH3 is 1. The molecule has 1 saturated heterocycles. The lowest BCUT2D eigenvalue weighted by Gasteiger charge is -2.23. The maximum absolute atomic E-state index is 5.41. The summed E-state index contributed by atoms with van der Waals surface area (Å²) in [4.78, 5) is 0. The molecule has 88 valence electrons. The fourth-order valence-electron chi connectivity index (χ4n) is 1.90. The summed E-state index contributed by atoms with van der Waals surface area (Å²) in [7, 11) is 1.69. The Balaban J connectivity index is 1.93. The fourth-order valence-corrected chi connectivity index (χ4v) is 1.90. The van der Waals surface area contributed by atoms with Crippen LogP contribution in [0.2, 0.25) is 0 Å². The van der Waals surface area contributed by atoms with Gasteiger partial charge in [0.25, 0.3) is 0 Å². The van der Waals surface area contributed by atoms with Crippen LogP contribution in [-0.4, -0.2) is 25.9 Å². The highest BCUT2D eigenvalue weighted by Gasteiger charge is 2.28. The zero-order valence-electron chi connectivity index (χ0n) is 9.95. The van der Waals surface area contributed by atoms with Crippen LogP contribution in [-0.2, 0) is 11.3 Å². The van der Waals surface area contributed by atoms with Gasteiger partial charge in [0.05, 0.1) is 13.7 Å². The second-order valence-corrected chi connectivity index (χ2v) is 4.57. The average molecular weight is 221 g/mol. The van der Waals surface area contributed by atoms with E-state index in [1.807, 2.05) is 12.1 Å². The van der Waals surface area contributed by atoms with Gasteiger partial charge >= 0.3 is 0 Å². The summed E-state index contributed by atoms with van der Waals surface area (Å²) in [6.07, 6.45) is 1.08. The van der Waals surface area contributed by atoms with Crippen LogP contribution in [0.3, 0.4) is 0 Å². The lowest BCUT2D eigenvalue weighted by molar-refractivity contribution is 0.171. The first-order valence-corrected chi connectivity index (χ1v) is 5.68. The topological polar surface area (TPSA) is 30.5 Å². The zero-order chi connectivity index (χ0) is 11.4. The Morgan fingerprint density at radius 3 is 3.06 bits per heavy atom. The first-order chi connectivity index (χ1) is 7.72. The number of hydrogen-bond donors (Lipinski definition) is 1. The Hall–Kier alpha value is -1.06. The summed E-state index contributed by atoms with van der Waals surface area (Å²) in [6, 6.07) is 8.15. The van der Waals surface area contributed by atoms with E-state index in [1.165, 1.54) is 5.56 Å². The van der Waals surface area contributed by atoms with Gasteiger partial charge in [-0.3, -0.25) is 0 Å². The summed E-state index contributed by atoms with van der Waals surface area (Å²) in [5.41, 5.74) is 1.37. The van der Waals surface area contributed by atoms with E-state index in [4.69, 9.17) is 9.47 Å². The molecule has 16 heavy (non-hydrogen) atoms. The van der Waals surface area contributed by atoms with E-state index in [0.29, 0.717) is 0 Å². The zero-order valence-corrected chi connectivity index (χ0v) is 9.95. The summed E-state index contributed by atoms with van der Waals surface area (Å²) < 4.78 is 10.6. The molecule has 1 aromatic carbocycles. The maximum atomic E-state index is 5.41. The second kappa shape index (κ2) is 4.85. The lowest BCUT2D eigenvalue weighted by Crippen LogP contribution is -2.42. The van der Waals surface area contributed by atoms with Crippen LogP contribution in [0.25, 0.3) is 0 Å². The molecule has 1 N–H and O–H groups in total. The molecule has 1 atom stereocenters. The SMILES string of the molecule is COc1cccc(CNC2(C)CCOC2)c1. The smallest absolute Gasteiger partial charge is 0.119 e. The van der Waals surface area contributed by atoms with Crippen molar-refractivity contribution >= 4 is 0 Å². The van der Waals surface area contributed by atoms with Gasteiger partial charge in [0.2, 0.25) is 0 Å². The number of ether oxygens (including phenoxy) is 2. The molecule has 1 aromatic rings. The Morgan fingerprint density at radius 2 is 2.38 bits per heavy atom. The molecule has 0 bridgehead atoms. The Kier molecular flexibility index (Phi) is 3.46. The van der Waals surface area contributed by atoms with Gasteiger partial charge in [-0.2, -0.15) is 0 Å². The molecule has 0 amide bonds. The third-order valence-corrected chi connectivity index (χ3v) is 3.07. The molecule has 2 rings (SSSR count). The average Bonchev–Trinajstić information content (AvgIpc) is 2.75. The molecule has 0 aliphatic carbocycles. The van der Waals surface area contributed by atoms with Crippen LogP contribution in [0.15, 0.2) is 24.3 Å². The number of hydrogen-bond acceptors (Lipinski definition) is 3. The number of benzene rings is 1. The largest absolute Gasteiger partial charge is 0.497 e. The van der Waals surface area contributed by atoms with E-state index in [2.05, 4.69) is 24.4 Å². The highest BCUT2D eigenvalue weighted by atomic mass is 16.5. The third-order valence-electron chi connectivity index (χ3n) is 3.07. The minimum atomic E-state index is 0.128. The molecule has 3 nitrogen and oxygen atoms in total. The molecule has 0 spiro atoms. The highest BCUT2D eigenvalue weighted by Crippen LogP contribution is 2.19. The molecule has 0 saturated carbocycles. The minimum absolute atomic E-state index is 0.128. The Morgan fingerprint density at radius 1 is 1.50 bits per heavy atom. The van der Waals surface area contributed by atoms with Crippen molar-refractivity contribution in [2.45, 2.75) is 25.4 Å². The molecule has 1 heterocycles. The highest BCUT2D eigenvalue weighted by molar-refractivity contribution is 5.28. The van der Waals surface area contributed by atoms with Gasteiger partial charge in [-0.25, -0.2) is 0 Å². The first-order valence-electron chi connectivity index (χ1n) is 5.68. The predicted molar refractivity (Wildman–Crippen MR) is 63.7 cm³/mol. The maximum Gasteiger partial charge on any atom is 0.119 e. The van der Waals surface area contributed by atoms with Crippen molar-refractivity contribution in [2.75, 3.05) is 20.3 Å². The molecular weight excluding hydrogens is 202 g/mol. The van der Waals surface area contributed by atoms with Crippen molar-refractivity contribution in [2.24, 2.45) is 0 Å². The molecule has 1 fully saturated rings. The van der Waals surface area contributed by atoms with Crippen LogP contribution in [0.4, 0.5) is 0 Å². The van der Waals surface area contributed by atoms with Crippen LogP contribution in [0.5, 0.6) is 5.75 Å². The Labute approximate surface area is 96.8 Å². The van der Waals surface area contributed by atoms with Crippen LogP contribution < -0.4 is 10.1 Å². The van der Waals surface area contributed by atoms with Crippen molar-refractivity contribution in [3.8, 4) is 5.75 Å². The molecular formula is C13H19NO2. The van der Waals surface area contributed by atoms with E-state index in [9.17, 15) is 0 Å². The van der Waals surface area contributed by atoms with Crippen molar-refractivity contribution in [3.05, 3.63) is 29.8 Å². The van der Waals surface area contributed by atoms with Crippen molar-refractivity contribution < 1.29 is 9.47 Å². The number of nitrogens with one attached hydrogen (secondary N) is 1. The summed E-state index contributed by atoms with van der Waals surface area (Å²) in [6.45, 7) is 4.73. The predicted octanol–water partition coefficient (Wildman–Crippen LogP) is 1.96. The molecule has 0 radical (unpaired) electrons. The van der Waals surface area contributed by atoms with E-state index in [0.717, 1.165) is 31.9 Å². The van der Waals surface area contributed by atoms with Crippen molar-refractivity contribution in [1.29, 1.82) is 0 Å². The molecule has 1 aliphatic rings. The van der Waals surface area contributed by atoms with Gasteiger partial charge < -0.3 is 14.8 Å². The standard InChI is InChI=1S/C13H19NO2/c1-13(6-7-16-10-13)14-9-11-4-3-5-12(8-11)15-2/h3-5,8,14H,6-7,9-10H2,1-2H3. The van der Waals surface area contributed by atoms with E-state index in [1.54, 1.807) is 7.11 Å². The third kappa shape index (κ3) is 2.74. The normalized spacial score (nSPS) is 24.6. The van der Waals surface area contributed by atoms with E-state index < -0.39 is 0 Å². The van der Waals surface area contributed by atoms with Crippen LogP contribution >= 0.6 is 0 Å². The number of rotatable bonds is 4. The summed E-state index contributed by atoms with van der Waals surface area (Å²) >= 11 is 0. The second-order valence-electron chi connectivity index (χ2n) is 4.57. The van der Waals surface area contributed by atoms with Gasteiger partial charge in [0.15, 0.2) is 0 Å². The van der Waals surface area contributed by atoms with Crippen LogP contribution in [0, 0.1) is 0 Å². The van der Waals surface area contributed by atoms with Gasteiger partial charge in [0, 0.05) is 18.7 Å². The fraction of sp³-hybridized carbons (Fsp3) is 0.538. The van der Waals surface area contributed by atoms with E-state index in [-0.39, 0.29) is 5.54 Å². The van der Waals surface area contributed by atoms with Crippen molar-refractivity contribution in [3.63, 3.8) is 0 Å². The summed E-state index contributed by atoms with van der Waals surface area (Å²) in [5.74, 6) is 0.909. The van der Waals surface area contributed by atoms with Gasteiger partial charge in [0.1, 0.15) is 5.75 Å². The quantitative estimate of drug-likeness (QED) is 0.843. The van der Waals surface area contributed by atoms with Gasteiger partial charge in [-0.05, 0) is 31.0 Å². The first kappa shape index (κ1) is 11.4. The summed E-state index contributed by atoms with van der Waals surface area (Å²) in [5, 5.41) is 3.55. The molecule has 0 aromatic heterocycles. The van der Waals surface area contributed by atoms with Crippen LogP contribution in [0.1, 0.15) is 18.9 Å². The Bertz CT molecular complexity index is 346. The van der Waals surface area contributed by atoms with Gasteiger partial charge in [-0.1, -0.05) is 12.1 Å². The monoisotopic (exact) mass is 221 g/mol. The van der Waals surface area contributed by atoms with Crippen molar-refractivity contribution in [1.82, 2.24) is 5.32 Å². The van der Waals surface area contributed by atoms with E-state index >= 15 is 0 Å². The lowest BCUT2D eigenvalue weighted by atomic mass is 10.0. The molecule has 1 unspecified atom stereocenters. The molecule has 1 aliphatic heterocycles. The minimum Gasteiger partial charge on any atom is -0.497 e. The van der Waals surface area contributed by atoms with Gasteiger partial charge in [-0.15, -0.1) is 0 Å². The molecule has 3 heteroatoms.